The summed E-state index contributed by atoms with van der Waals surface area (Å²) in [6.45, 7) is 4.88. The lowest BCUT2D eigenvalue weighted by atomic mass is 9.85. The summed E-state index contributed by atoms with van der Waals surface area (Å²) < 4.78 is 0. The molecule has 0 bridgehead atoms. The van der Waals surface area contributed by atoms with E-state index in [1.54, 1.807) is 9.80 Å². The normalized spacial score (nSPS) is 22.0. The molecule has 6 nitrogen and oxygen atoms in total. The minimum Gasteiger partial charge on any atom is -0.372 e. The maximum atomic E-state index is 13.9. The summed E-state index contributed by atoms with van der Waals surface area (Å²) in [6.07, 6.45) is 10.9. The van der Waals surface area contributed by atoms with E-state index in [0.29, 0.717) is 12.8 Å². The smallest absolute Gasteiger partial charge is 0.328 e. The van der Waals surface area contributed by atoms with E-state index in [2.05, 4.69) is 52.1 Å². The number of anilines is 1. The highest BCUT2D eigenvalue weighted by atomic mass is 16.2. The molecule has 3 amide bonds. The fourth-order valence-electron chi connectivity index (χ4n) is 6.70. The second-order valence-electron chi connectivity index (χ2n) is 10.7. The number of piperidine rings is 1. The molecule has 0 N–H and O–H groups in total. The predicted molar refractivity (Wildman–Crippen MR) is 141 cm³/mol. The van der Waals surface area contributed by atoms with Crippen LogP contribution in [0.1, 0.15) is 42.4 Å². The van der Waals surface area contributed by atoms with Gasteiger partial charge in [-0.05, 0) is 67.3 Å². The molecule has 0 saturated carbocycles. The third-order valence-corrected chi connectivity index (χ3v) is 8.71. The summed E-state index contributed by atoms with van der Waals surface area (Å²) in [7, 11) is 0. The van der Waals surface area contributed by atoms with Crippen molar-refractivity contribution in [2.75, 3.05) is 37.6 Å². The number of amides is 3. The molecule has 0 unspecified atom stereocenters. The molecule has 36 heavy (non-hydrogen) atoms. The van der Waals surface area contributed by atoms with Gasteiger partial charge in [-0.1, -0.05) is 42.3 Å². The molecule has 3 fully saturated rings. The van der Waals surface area contributed by atoms with Crippen molar-refractivity contribution < 1.29 is 9.59 Å². The number of hydrogen-bond acceptors (Lipinski definition) is 4. The number of hydrogen-bond donors (Lipinski definition) is 0. The van der Waals surface area contributed by atoms with Crippen LogP contribution in [0.15, 0.2) is 48.5 Å². The number of carbonyl (C=O) groups is 2. The average Bonchev–Trinajstić information content (AvgIpc) is 3.62. The number of terminal acetylenes is 1. The molecule has 0 aromatic heterocycles. The van der Waals surface area contributed by atoms with Crippen molar-refractivity contribution in [3.8, 4) is 12.3 Å². The molecular formula is C30H34N4O2. The van der Waals surface area contributed by atoms with Crippen LogP contribution >= 0.6 is 0 Å². The number of imide groups is 1. The quantitative estimate of drug-likeness (QED) is 0.482. The summed E-state index contributed by atoms with van der Waals surface area (Å²) in [5.41, 5.74) is 4.25. The molecule has 1 spiro atoms. The fraction of sp³-hybridized carbons (Fsp3) is 0.467. The molecule has 0 radical (unpaired) electrons. The summed E-state index contributed by atoms with van der Waals surface area (Å²) >= 11 is 0. The summed E-state index contributed by atoms with van der Waals surface area (Å²) in [5.74, 6) is 2.60. The van der Waals surface area contributed by atoms with E-state index >= 15 is 0 Å². The molecule has 186 valence electrons. The van der Waals surface area contributed by atoms with Crippen LogP contribution in [-0.2, 0) is 24.2 Å². The van der Waals surface area contributed by atoms with Gasteiger partial charge in [-0.15, -0.1) is 6.42 Å². The van der Waals surface area contributed by atoms with Crippen molar-refractivity contribution >= 4 is 17.6 Å². The number of rotatable bonds is 5. The third-order valence-electron chi connectivity index (χ3n) is 8.71. The highest BCUT2D eigenvalue weighted by Crippen LogP contribution is 2.40. The molecule has 3 aliphatic heterocycles. The van der Waals surface area contributed by atoms with Gasteiger partial charge < -0.3 is 4.90 Å². The first-order chi connectivity index (χ1) is 17.6. The van der Waals surface area contributed by atoms with Crippen molar-refractivity contribution in [2.45, 2.75) is 56.7 Å². The second kappa shape index (κ2) is 9.29. The lowest BCUT2D eigenvalue weighted by Gasteiger charge is -2.41. The second-order valence-corrected chi connectivity index (χ2v) is 10.7. The number of nitrogens with zero attached hydrogens (tertiary/aromatic N) is 4. The molecule has 2 aromatic carbocycles. The number of urea groups is 1. The monoisotopic (exact) mass is 482 g/mol. The van der Waals surface area contributed by atoms with Crippen molar-refractivity contribution in [2.24, 2.45) is 0 Å². The molecule has 6 heteroatoms. The van der Waals surface area contributed by atoms with E-state index in [1.807, 2.05) is 12.1 Å². The van der Waals surface area contributed by atoms with Crippen molar-refractivity contribution in [1.82, 2.24) is 14.7 Å². The van der Waals surface area contributed by atoms with Gasteiger partial charge in [0.05, 0.1) is 6.54 Å². The Morgan fingerprint density at radius 2 is 1.53 bits per heavy atom. The van der Waals surface area contributed by atoms with E-state index < -0.39 is 5.54 Å². The Bertz CT molecular complexity index is 1160. The van der Waals surface area contributed by atoms with Gasteiger partial charge in [-0.3, -0.25) is 19.5 Å². The molecule has 3 saturated heterocycles. The molecule has 2 aromatic rings. The fourth-order valence-corrected chi connectivity index (χ4v) is 6.70. The lowest BCUT2D eigenvalue weighted by molar-refractivity contribution is -0.136. The average molecular weight is 483 g/mol. The molecule has 0 atom stereocenters. The zero-order valence-corrected chi connectivity index (χ0v) is 20.9. The Morgan fingerprint density at radius 3 is 2.14 bits per heavy atom. The SMILES string of the molecule is C#CCN1C(=O)N(C2Cc3ccccc3C2)C(=O)C12CCN(Cc1ccc(N3CCCC3)cc1)CC2. The minimum absolute atomic E-state index is 0.0461. The van der Waals surface area contributed by atoms with Gasteiger partial charge in [0, 0.05) is 44.5 Å². The Hall–Kier alpha value is -3.30. The first-order valence-electron chi connectivity index (χ1n) is 13.3. The van der Waals surface area contributed by atoms with Gasteiger partial charge >= 0.3 is 6.03 Å². The molecule has 4 aliphatic rings. The zero-order chi connectivity index (χ0) is 24.7. The predicted octanol–water partition coefficient (Wildman–Crippen LogP) is 3.69. The van der Waals surface area contributed by atoms with Crippen LogP contribution in [0.2, 0.25) is 0 Å². The summed E-state index contributed by atoms with van der Waals surface area (Å²) in [6, 6.07) is 16.9. The van der Waals surface area contributed by atoms with E-state index in [-0.39, 0.29) is 24.5 Å². The van der Waals surface area contributed by atoms with Gasteiger partial charge in [0.1, 0.15) is 5.54 Å². The van der Waals surface area contributed by atoms with E-state index in [4.69, 9.17) is 6.42 Å². The topological polar surface area (TPSA) is 47.1 Å². The van der Waals surface area contributed by atoms with Crippen LogP contribution in [0.5, 0.6) is 0 Å². The van der Waals surface area contributed by atoms with Gasteiger partial charge in [0.2, 0.25) is 0 Å². The minimum atomic E-state index is -0.811. The van der Waals surface area contributed by atoms with E-state index in [9.17, 15) is 9.59 Å². The largest absolute Gasteiger partial charge is 0.372 e. The third kappa shape index (κ3) is 3.87. The Kier molecular flexibility index (Phi) is 5.97. The van der Waals surface area contributed by atoms with Gasteiger partial charge in [-0.2, -0.15) is 0 Å². The number of carbonyl (C=O) groups excluding carboxylic acids is 2. The van der Waals surface area contributed by atoms with Gasteiger partial charge in [0.15, 0.2) is 0 Å². The summed E-state index contributed by atoms with van der Waals surface area (Å²) in [5, 5.41) is 0. The number of fused-ring (bicyclic) bond motifs is 1. The van der Waals surface area contributed by atoms with Crippen LogP contribution in [-0.4, -0.2) is 70.9 Å². The van der Waals surface area contributed by atoms with Crippen LogP contribution in [0.25, 0.3) is 0 Å². The maximum absolute atomic E-state index is 13.9. The van der Waals surface area contributed by atoms with Crippen LogP contribution in [0.3, 0.4) is 0 Å². The first-order valence-corrected chi connectivity index (χ1v) is 13.3. The standard InChI is InChI=1S/C30H34N4O2/c1-2-15-33-29(36)34(27-20-24-7-3-4-8-25(24)21-27)28(35)30(33)13-18-31(19-14-30)22-23-9-11-26(12-10-23)32-16-5-6-17-32/h1,3-4,7-12,27H,5-6,13-22H2. The van der Waals surface area contributed by atoms with Crippen molar-refractivity contribution in [1.29, 1.82) is 0 Å². The summed E-state index contributed by atoms with van der Waals surface area (Å²) in [4.78, 5) is 35.6. The van der Waals surface area contributed by atoms with E-state index in [1.165, 1.54) is 35.2 Å². The van der Waals surface area contributed by atoms with Crippen LogP contribution < -0.4 is 4.90 Å². The van der Waals surface area contributed by atoms with Crippen molar-refractivity contribution in [3.05, 3.63) is 65.2 Å². The maximum Gasteiger partial charge on any atom is 0.328 e. The zero-order valence-electron chi connectivity index (χ0n) is 20.9. The highest BCUT2D eigenvalue weighted by molar-refractivity contribution is 6.07. The van der Waals surface area contributed by atoms with E-state index in [0.717, 1.165) is 45.6 Å². The Labute approximate surface area is 213 Å². The van der Waals surface area contributed by atoms with Crippen molar-refractivity contribution in [3.63, 3.8) is 0 Å². The molecule has 3 heterocycles. The van der Waals surface area contributed by atoms with Gasteiger partial charge in [0.25, 0.3) is 5.91 Å². The Balaban J connectivity index is 1.14. The lowest BCUT2D eigenvalue weighted by Crippen LogP contribution is -2.56. The number of benzene rings is 2. The van der Waals surface area contributed by atoms with Crippen LogP contribution in [0.4, 0.5) is 10.5 Å². The van der Waals surface area contributed by atoms with Crippen LogP contribution in [0, 0.1) is 12.3 Å². The first kappa shape index (κ1) is 23.1. The molecule has 6 rings (SSSR count). The Morgan fingerprint density at radius 1 is 0.889 bits per heavy atom. The highest BCUT2D eigenvalue weighted by Gasteiger charge is 2.59. The van der Waals surface area contributed by atoms with Gasteiger partial charge in [-0.25, -0.2) is 4.79 Å². The molecular weight excluding hydrogens is 448 g/mol. The number of likely N-dealkylation sites (tertiary alicyclic amines) is 1. The molecule has 1 aliphatic carbocycles.